The number of ketones is 1. The highest BCUT2D eigenvalue weighted by atomic mass is 16.2. The van der Waals surface area contributed by atoms with Gasteiger partial charge in [-0.1, -0.05) is 36.4 Å². The number of fused-ring (bicyclic) bond motifs is 1. The van der Waals surface area contributed by atoms with E-state index in [0.717, 1.165) is 0 Å². The maximum absolute atomic E-state index is 12.3. The van der Waals surface area contributed by atoms with Gasteiger partial charge >= 0.3 is 0 Å². The quantitative estimate of drug-likeness (QED) is 0.941. The molecule has 1 aliphatic rings. The predicted molar refractivity (Wildman–Crippen MR) is 81.7 cm³/mol. The number of nitrogens with one attached hydrogen (secondary N) is 1. The molecule has 0 radical (unpaired) electrons. The van der Waals surface area contributed by atoms with Crippen LogP contribution in [0.2, 0.25) is 0 Å². The molecule has 0 saturated heterocycles. The zero-order valence-electron chi connectivity index (χ0n) is 11.8. The molecule has 0 unspecified atom stereocenters. The first-order valence-corrected chi connectivity index (χ1v) is 6.91. The molecule has 22 heavy (non-hydrogen) atoms. The number of rotatable bonds is 3. The second-order valence-electron chi connectivity index (χ2n) is 5.04. The van der Waals surface area contributed by atoms with Crippen molar-refractivity contribution in [2.45, 2.75) is 0 Å². The van der Waals surface area contributed by atoms with Crippen molar-refractivity contribution < 1.29 is 14.4 Å². The van der Waals surface area contributed by atoms with Crippen LogP contribution < -0.4 is 5.32 Å². The van der Waals surface area contributed by atoms with Crippen molar-refractivity contribution in [1.82, 2.24) is 4.90 Å². The molecule has 0 saturated carbocycles. The van der Waals surface area contributed by atoms with E-state index in [-0.39, 0.29) is 30.7 Å². The molecule has 3 rings (SSSR count). The van der Waals surface area contributed by atoms with Crippen molar-refractivity contribution in [2.24, 2.45) is 0 Å². The van der Waals surface area contributed by atoms with Crippen LogP contribution in [0.4, 0.5) is 5.69 Å². The molecule has 5 nitrogen and oxygen atoms in total. The third-order valence-corrected chi connectivity index (χ3v) is 3.47. The Morgan fingerprint density at radius 2 is 1.59 bits per heavy atom. The summed E-state index contributed by atoms with van der Waals surface area (Å²) in [7, 11) is 0. The van der Waals surface area contributed by atoms with Crippen LogP contribution in [-0.2, 0) is 4.79 Å². The van der Waals surface area contributed by atoms with Crippen LogP contribution in [0, 0.1) is 0 Å². The van der Waals surface area contributed by atoms with Crippen LogP contribution in [0.1, 0.15) is 20.7 Å². The zero-order valence-corrected chi connectivity index (χ0v) is 11.8. The Hall–Kier alpha value is -2.95. The zero-order chi connectivity index (χ0) is 15.5. The highest BCUT2D eigenvalue weighted by Gasteiger charge is 2.30. The fraction of sp³-hybridized carbons (Fsp3) is 0.118. The van der Waals surface area contributed by atoms with E-state index in [1.54, 1.807) is 48.5 Å². The van der Waals surface area contributed by atoms with Gasteiger partial charge < -0.3 is 10.2 Å². The maximum atomic E-state index is 12.3. The van der Waals surface area contributed by atoms with Crippen molar-refractivity contribution in [1.29, 1.82) is 0 Å². The summed E-state index contributed by atoms with van der Waals surface area (Å²) in [6.45, 7) is -0.216. The minimum atomic E-state index is -0.327. The van der Waals surface area contributed by atoms with Crippen LogP contribution in [0.5, 0.6) is 0 Å². The Balaban J connectivity index is 1.73. The van der Waals surface area contributed by atoms with E-state index in [0.29, 0.717) is 16.8 Å². The molecule has 0 aliphatic carbocycles. The Morgan fingerprint density at radius 3 is 2.32 bits per heavy atom. The van der Waals surface area contributed by atoms with Gasteiger partial charge in [-0.3, -0.25) is 14.4 Å². The largest absolute Gasteiger partial charge is 0.325 e. The summed E-state index contributed by atoms with van der Waals surface area (Å²) >= 11 is 0. The summed E-state index contributed by atoms with van der Waals surface area (Å²) in [5.41, 5.74) is 1.43. The lowest BCUT2D eigenvalue weighted by Gasteiger charge is -2.26. The standard InChI is InChI=1S/C17H14N2O3/c20-15-10-19(17(22)14-9-5-4-8-13(14)15)11-16(21)18-12-6-2-1-3-7-12/h1-9H,10-11H2,(H,18,21). The van der Waals surface area contributed by atoms with Crippen LogP contribution >= 0.6 is 0 Å². The lowest BCUT2D eigenvalue weighted by atomic mass is 9.98. The van der Waals surface area contributed by atoms with E-state index < -0.39 is 0 Å². The Labute approximate surface area is 127 Å². The van der Waals surface area contributed by atoms with E-state index in [9.17, 15) is 14.4 Å². The van der Waals surface area contributed by atoms with Gasteiger partial charge in [-0.15, -0.1) is 0 Å². The first kappa shape index (κ1) is 14.0. The maximum Gasteiger partial charge on any atom is 0.255 e. The van der Waals surface area contributed by atoms with Crippen LogP contribution in [-0.4, -0.2) is 35.6 Å². The molecule has 110 valence electrons. The lowest BCUT2D eigenvalue weighted by Crippen LogP contribution is -2.45. The van der Waals surface area contributed by atoms with Crippen molar-refractivity contribution in [3.63, 3.8) is 0 Å². The number of nitrogens with zero attached hydrogens (tertiary/aromatic N) is 1. The van der Waals surface area contributed by atoms with Crippen molar-refractivity contribution in [3.05, 3.63) is 65.7 Å². The van der Waals surface area contributed by atoms with Crippen LogP contribution in [0.3, 0.4) is 0 Å². The highest BCUT2D eigenvalue weighted by molar-refractivity contribution is 6.14. The van der Waals surface area contributed by atoms with Gasteiger partial charge in [0.1, 0.15) is 6.54 Å². The molecule has 5 heteroatoms. The highest BCUT2D eigenvalue weighted by Crippen LogP contribution is 2.18. The fourth-order valence-electron chi connectivity index (χ4n) is 2.44. The molecule has 2 amide bonds. The summed E-state index contributed by atoms with van der Waals surface area (Å²) in [5, 5.41) is 2.70. The van der Waals surface area contributed by atoms with Crippen molar-refractivity contribution in [2.75, 3.05) is 18.4 Å². The average Bonchev–Trinajstić information content (AvgIpc) is 2.53. The first-order valence-electron chi connectivity index (χ1n) is 6.91. The lowest BCUT2D eigenvalue weighted by molar-refractivity contribution is -0.116. The molecule has 2 aromatic carbocycles. The molecule has 2 aromatic rings. The number of carbonyl (C=O) groups excluding carboxylic acids is 3. The normalized spacial score (nSPS) is 13.7. The molecule has 1 N–H and O–H groups in total. The molecular formula is C17H14N2O3. The van der Waals surface area contributed by atoms with Crippen molar-refractivity contribution >= 4 is 23.3 Å². The summed E-state index contributed by atoms with van der Waals surface area (Å²) in [6.07, 6.45) is 0. The van der Waals surface area contributed by atoms with Gasteiger partial charge in [-0.2, -0.15) is 0 Å². The number of para-hydroxylation sites is 1. The number of Topliss-reactive ketones (excluding diaryl/α,β-unsaturated/α-hetero) is 1. The van der Waals surface area contributed by atoms with Gasteiger partial charge in [0, 0.05) is 11.3 Å². The Kier molecular flexibility index (Phi) is 3.70. The summed E-state index contributed by atoms with van der Waals surface area (Å²) in [5.74, 6) is -0.771. The first-order chi connectivity index (χ1) is 10.6. The van der Waals surface area contributed by atoms with Crippen molar-refractivity contribution in [3.8, 4) is 0 Å². The topological polar surface area (TPSA) is 66.5 Å². The minimum Gasteiger partial charge on any atom is -0.325 e. The number of hydrogen-bond acceptors (Lipinski definition) is 3. The van der Waals surface area contributed by atoms with Gasteiger partial charge in [0.05, 0.1) is 12.1 Å². The van der Waals surface area contributed by atoms with E-state index in [2.05, 4.69) is 5.32 Å². The third-order valence-electron chi connectivity index (χ3n) is 3.47. The molecule has 0 fully saturated rings. The predicted octanol–water partition coefficient (Wildman–Crippen LogP) is 1.96. The van der Waals surface area contributed by atoms with E-state index in [1.165, 1.54) is 4.90 Å². The molecule has 0 bridgehead atoms. The van der Waals surface area contributed by atoms with Crippen LogP contribution in [0.25, 0.3) is 0 Å². The summed E-state index contributed by atoms with van der Waals surface area (Å²) in [6, 6.07) is 15.7. The molecular weight excluding hydrogens is 280 g/mol. The van der Waals surface area contributed by atoms with E-state index in [4.69, 9.17) is 0 Å². The van der Waals surface area contributed by atoms with Gasteiger partial charge in [0.2, 0.25) is 5.91 Å². The number of hydrogen-bond donors (Lipinski definition) is 1. The monoisotopic (exact) mass is 294 g/mol. The fourth-order valence-corrected chi connectivity index (χ4v) is 2.44. The second-order valence-corrected chi connectivity index (χ2v) is 5.04. The second kappa shape index (κ2) is 5.81. The summed E-state index contributed by atoms with van der Waals surface area (Å²) < 4.78 is 0. The van der Waals surface area contributed by atoms with Gasteiger partial charge in [-0.25, -0.2) is 0 Å². The number of carbonyl (C=O) groups is 3. The number of anilines is 1. The van der Waals surface area contributed by atoms with Crippen LogP contribution in [0.15, 0.2) is 54.6 Å². The number of amides is 2. The van der Waals surface area contributed by atoms with Gasteiger partial charge in [0.25, 0.3) is 5.91 Å². The Bertz CT molecular complexity index is 741. The van der Waals surface area contributed by atoms with E-state index in [1.807, 2.05) is 6.07 Å². The molecule has 0 spiro atoms. The van der Waals surface area contributed by atoms with Gasteiger partial charge in [0.15, 0.2) is 5.78 Å². The third kappa shape index (κ3) is 2.74. The molecule has 1 heterocycles. The Morgan fingerprint density at radius 1 is 0.955 bits per heavy atom. The SMILES string of the molecule is O=C(CN1CC(=O)c2ccccc2C1=O)Nc1ccccc1. The molecule has 0 atom stereocenters. The number of benzene rings is 2. The molecule has 1 aliphatic heterocycles. The van der Waals surface area contributed by atoms with E-state index >= 15 is 0 Å². The summed E-state index contributed by atoms with van der Waals surface area (Å²) in [4.78, 5) is 37.7. The molecule has 0 aromatic heterocycles. The van der Waals surface area contributed by atoms with Gasteiger partial charge in [-0.05, 0) is 18.2 Å². The minimum absolute atomic E-state index is 0.0714. The smallest absolute Gasteiger partial charge is 0.255 e. The average molecular weight is 294 g/mol.